The first-order valence-corrected chi connectivity index (χ1v) is 6.50. The maximum absolute atomic E-state index is 12.0. The lowest BCUT2D eigenvalue weighted by atomic mass is 10.0. The molecule has 1 aromatic heterocycles. The molecule has 0 fully saturated rings. The summed E-state index contributed by atoms with van der Waals surface area (Å²) in [5.74, 6) is -0.158. The Balaban J connectivity index is 2.01. The van der Waals surface area contributed by atoms with Gasteiger partial charge in [-0.25, -0.2) is 4.68 Å². The van der Waals surface area contributed by atoms with Gasteiger partial charge in [0.15, 0.2) is 0 Å². The van der Waals surface area contributed by atoms with Crippen molar-refractivity contribution in [2.45, 2.75) is 25.9 Å². The second-order valence-electron chi connectivity index (χ2n) is 4.64. The number of aliphatic hydroxyl groups is 1. The van der Waals surface area contributed by atoms with E-state index in [1.165, 1.54) is 10.9 Å². The van der Waals surface area contributed by atoms with Crippen LogP contribution in [0.15, 0.2) is 36.7 Å². The highest BCUT2D eigenvalue weighted by Crippen LogP contribution is 2.17. The van der Waals surface area contributed by atoms with Crippen LogP contribution in [0.25, 0.3) is 0 Å². The Morgan fingerprint density at radius 1 is 1.40 bits per heavy atom. The van der Waals surface area contributed by atoms with E-state index in [9.17, 15) is 4.79 Å². The summed E-state index contributed by atoms with van der Waals surface area (Å²) in [5, 5.41) is 19.4. The number of nitrogens with one attached hydrogen (secondary N) is 1. The Morgan fingerprint density at radius 2 is 2.15 bits per heavy atom. The highest BCUT2D eigenvalue weighted by Gasteiger charge is 2.14. The van der Waals surface area contributed by atoms with Gasteiger partial charge >= 0.3 is 0 Å². The van der Waals surface area contributed by atoms with Gasteiger partial charge in [0.05, 0.1) is 12.2 Å². The lowest BCUT2D eigenvalue weighted by Gasteiger charge is -2.18. The van der Waals surface area contributed by atoms with Gasteiger partial charge in [-0.1, -0.05) is 35.0 Å². The van der Waals surface area contributed by atoms with Crippen molar-refractivity contribution in [3.8, 4) is 0 Å². The van der Waals surface area contributed by atoms with Crippen LogP contribution < -0.4 is 5.32 Å². The Labute approximate surface area is 117 Å². The molecule has 0 saturated carbocycles. The summed E-state index contributed by atoms with van der Waals surface area (Å²) in [7, 11) is 0. The smallest absolute Gasteiger partial charge is 0.242 e. The summed E-state index contributed by atoms with van der Waals surface area (Å²) >= 11 is 0. The predicted octanol–water partition coefficient (Wildman–Crippen LogP) is 0.826. The number of aromatic nitrogens is 3. The molecule has 1 heterocycles. The zero-order valence-corrected chi connectivity index (χ0v) is 11.4. The Bertz CT molecular complexity index is 537. The van der Waals surface area contributed by atoms with E-state index in [-0.39, 0.29) is 25.1 Å². The highest BCUT2D eigenvalue weighted by molar-refractivity contribution is 5.76. The number of amides is 1. The second-order valence-corrected chi connectivity index (χ2v) is 4.64. The molecule has 0 aliphatic rings. The summed E-state index contributed by atoms with van der Waals surface area (Å²) in [6.07, 6.45) is 3.64. The number of carbonyl (C=O) groups is 1. The summed E-state index contributed by atoms with van der Waals surface area (Å²) in [6.45, 7) is 2.14. The van der Waals surface area contributed by atoms with Crippen LogP contribution in [0.3, 0.4) is 0 Å². The Kier molecular flexibility index (Phi) is 4.84. The minimum atomic E-state index is -0.198. The van der Waals surface area contributed by atoms with E-state index in [1.54, 1.807) is 6.20 Å². The lowest BCUT2D eigenvalue weighted by molar-refractivity contribution is -0.122. The van der Waals surface area contributed by atoms with Crippen molar-refractivity contribution in [3.05, 3.63) is 47.8 Å². The molecule has 2 N–H and O–H groups in total. The largest absolute Gasteiger partial charge is 0.396 e. The van der Waals surface area contributed by atoms with Crippen molar-refractivity contribution >= 4 is 5.91 Å². The van der Waals surface area contributed by atoms with Crippen molar-refractivity contribution in [1.82, 2.24) is 20.3 Å². The summed E-state index contributed by atoms with van der Waals surface area (Å²) in [4.78, 5) is 12.0. The number of hydrogen-bond acceptors (Lipinski definition) is 4. The van der Waals surface area contributed by atoms with Crippen molar-refractivity contribution < 1.29 is 9.90 Å². The van der Waals surface area contributed by atoms with Crippen LogP contribution in [-0.4, -0.2) is 32.6 Å². The number of carbonyl (C=O) groups excluding carboxylic acids is 1. The van der Waals surface area contributed by atoms with E-state index in [4.69, 9.17) is 5.11 Å². The normalized spacial score (nSPS) is 12.1. The molecule has 0 unspecified atom stereocenters. The Morgan fingerprint density at radius 3 is 2.75 bits per heavy atom. The van der Waals surface area contributed by atoms with Crippen molar-refractivity contribution in [2.24, 2.45) is 0 Å². The van der Waals surface area contributed by atoms with Gasteiger partial charge in [0.2, 0.25) is 5.91 Å². The van der Waals surface area contributed by atoms with Crippen molar-refractivity contribution in [1.29, 1.82) is 0 Å². The molecule has 6 heteroatoms. The maximum atomic E-state index is 12.0. The minimum Gasteiger partial charge on any atom is -0.396 e. The first-order chi connectivity index (χ1) is 9.69. The molecule has 1 atom stereocenters. The van der Waals surface area contributed by atoms with E-state index in [0.717, 1.165) is 11.1 Å². The van der Waals surface area contributed by atoms with E-state index >= 15 is 0 Å². The van der Waals surface area contributed by atoms with E-state index in [1.807, 2.05) is 31.2 Å². The molecule has 1 aromatic carbocycles. The summed E-state index contributed by atoms with van der Waals surface area (Å²) in [6, 6.07) is 7.71. The fourth-order valence-electron chi connectivity index (χ4n) is 1.95. The molecular weight excluding hydrogens is 256 g/mol. The molecule has 2 aromatic rings. The maximum Gasteiger partial charge on any atom is 0.242 e. The SMILES string of the molecule is Cc1ccc([C@H](CCO)NC(=O)Cn2ccnn2)cc1. The molecule has 20 heavy (non-hydrogen) atoms. The van der Waals surface area contributed by atoms with Crippen LogP contribution in [0.5, 0.6) is 0 Å². The molecule has 1 amide bonds. The first kappa shape index (κ1) is 14.2. The third kappa shape index (κ3) is 3.89. The second kappa shape index (κ2) is 6.81. The van der Waals surface area contributed by atoms with Crippen molar-refractivity contribution in [3.63, 3.8) is 0 Å². The van der Waals surface area contributed by atoms with Crippen LogP contribution in [0.2, 0.25) is 0 Å². The van der Waals surface area contributed by atoms with Gasteiger partial charge in [0.1, 0.15) is 6.54 Å². The molecule has 0 radical (unpaired) electrons. The number of benzene rings is 1. The quantitative estimate of drug-likeness (QED) is 0.817. The molecular formula is C14H18N4O2. The van der Waals surface area contributed by atoms with Gasteiger partial charge in [-0.15, -0.1) is 5.10 Å². The van der Waals surface area contributed by atoms with Crippen LogP contribution in [-0.2, 0) is 11.3 Å². The average molecular weight is 274 g/mol. The van der Waals surface area contributed by atoms with Gasteiger partial charge in [-0.3, -0.25) is 4.79 Å². The van der Waals surface area contributed by atoms with Crippen LogP contribution in [0.1, 0.15) is 23.6 Å². The van der Waals surface area contributed by atoms with Gasteiger partial charge in [0.25, 0.3) is 0 Å². The van der Waals surface area contributed by atoms with Gasteiger partial charge < -0.3 is 10.4 Å². The number of rotatable bonds is 6. The summed E-state index contributed by atoms with van der Waals surface area (Å²) in [5.41, 5.74) is 2.14. The molecule has 6 nitrogen and oxygen atoms in total. The number of nitrogens with zero attached hydrogens (tertiary/aromatic N) is 3. The van der Waals surface area contributed by atoms with E-state index in [2.05, 4.69) is 15.6 Å². The van der Waals surface area contributed by atoms with Crippen molar-refractivity contribution in [2.75, 3.05) is 6.61 Å². The molecule has 0 bridgehead atoms. The zero-order valence-electron chi connectivity index (χ0n) is 11.4. The predicted molar refractivity (Wildman–Crippen MR) is 73.8 cm³/mol. The fraction of sp³-hybridized carbons (Fsp3) is 0.357. The molecule has 106 valence electrons. The minimum absolute atomic E-state index is 0.0160. The topological polar surface area (TPSA) is 80.0 Å². The third-order valence-electron chi connectivity index (χ3n) is 3.01. The van der Waals surface area contributed by atoms with Gasteiger partial charge in [0, 0.05) is 12.8 Å². The number of aryl methyl sites for hydroxylation is 1. The monoisotopic (exact) mass is 274 g/mol. The lowest BCUT2D eigenvalue weighted by Crippen LogP contribution is -2.32. The van der Waals surface area contributed by atoms with E-state index < -0.39 is 0 Å². The molecule has 0 saturated heterocycles. The molecule has 2 rings (SSSR count). The Hall–Kier alpha value is -2.21. The van der Waals surface area contributed by atoms with Crippen LogP contribution >= 0.6 is 0 Å². The zero-order chi connectivity index (χ0) is 14.4. The fourth-order valence-corrected chi connectivity index (χ4v) is 1.95. The van der Waals surface area contributed by atoms with E-state index in [0.29, 0.717) is 6.42 Å². The average Bonchev–Trinajstić information content (AvgIpc) is 2.92. The standard InChI is InChI=1S/C14H18N4O2/c1-11-2-4-12(5-3-11)13(6-9-19)16-14(20)10-18-8-7-15-17-18/h2-5,7-8,13,19H,6,9-10H2,1H3,(H,16,20)/t13-/m0/s1. The molecule has 0 aliphatic heterocycles. The molecule has 0 spiro atoms. The van der Waals surface area contributed by atoms with Gasteiger partial charge in [-0.05, 0) is 18.9 Å². The molecule has 0 aliphatic carbocycles. The van der Waals surface area contributed by atoms with Crippen LogP contribution in [0, 0.1) is 6.92 Å². The van der Waals surface area contributed by atoms with Crippen LogP contribution in [0.4, 0.5) is 0 Å². The third-order valence-corrected chi connectivity index (χ3v) is 3.01. The first-order valence-electron chi connectivity index (χ1n) is 6.50. The number of hydrogen-bond donors (Lipinski definition) is 2. The highest BCUT2D eigenvalue weighted by atomic mass is 16.3. The van der Waals surface area contributed by atoms with Gasteiger partial charge in [-0.2, -0.15) is 0 Å². The number of aliphatic hydroxyl groups excluding tert-OH is 1. The summed E-state index contributed by atoms with van der Waals surface area (Å²) < 4.78 is 1.46.